The van der Waals surface area contributed by atoms with Crippen molar-refractivity contribution < 1.29 is 14.6 Å². The van der Waals surface area contributed by atoms with E-state index in [4.69, 9.17) is 16.3 Å². The van der Waals surface area contributed by atoms with Gasteiger partial charge < -0.3 is 9.84 Å². The quantitative estimate of drug-likeness (QED) is 0.938. The number of benzene rings is 1. The van der Waals surface area contributed by atoms with Crippen LogP contribution in [0, 0.1) is 0 Å². The molecule has 0 radical (unpaired) electrons. The minimum atomic E-state index is -1.07. The van der Waals surface area contributed by atoms with Gasteiger partial charge in [0.15, 0.2) is 11.4 Å². The van der Waals surface area contributed by atoms with Gasteiger partial charge in [-0.3, -0.25) is 0 Å². The second kappa shape index (κ2) is 5.77. The van der Waals surface area contributed by atoms with Crippen LogP contribution in [0.2, 0.25) is 5.02 Å². The third kappa shape index (κ3) is 2.88. The molecule has 0 aliphatic heterocycles. The Labute approximate surface area is 127 Å². The maximum absolute atomic E-state index is 11.6. The molecule has 1 N–H and O–H groups in total. The van der Waals surface area contributed by atoms with Crippen LogP contribution in [0.25, 0.3) is 5.69 Å². The van der Waals surface area contributed by atoms with Gasteiger partial charge in [0.05, 0.1) is 18.0 Å². The molecule has 1 aliphatic rings. The van der Waals surface area contributed by atoms with Crippen LogP contribution in [0.4, 0.5) is 0 Å². The Bertz CT molecular complexity index is 663. The van der Waals surface area contributed by atoms with Gasteiger partial charge in [-0.05, 0) is 43.9 Å². The van der Waals surface area contributed by atoms with Crippen LogP contribution < -0.4 is 4.74 Å². The molecule has 0 spiro atoms. The van der Waals surface area contributed by atoms with E-state index in [1.165, 1.54) is 10.9 Å². The smallest absolute Gasteiger partial charge is 0.358 e. The second-order valence-electron chi connectivity index (χ2n) is 5.08. The van der Waals surface area contributed by atoms with Crippen LogP contribution in [-0.2, 0) is 0 Å². The van der Waals surface area contributed by atoms with E-state index in [1.54, 1.807) is 24.3 Å². The lowest BCUT2D eigenvalue weighted by Crippen LogP contribution is -2.14. The predicted molar refractivity (Wildman–Crippen MR) is 78.4 cm³/mol. The SMILES string of the molecule is O=C(O)c1c(OC2CCCC2)cnn1-c1cccc(Cl)c1. The molecular weight excluding hydrogens is 292 g/mol. The first-order chi connectivity index (χ1) is 10.1. The molecule has 110 valence electrons. The number of carboxylic acid groups (broad SMARTS) is 1. The zero-order chi connectivity index (χ0) is 14.8. The lowest BCUT2D eigenvalue weighted by molar-refractivity contribution is 0.0679. The fourth-order valence-electron chi connectivity index (χ4n) is 2.61. The first-order valence-electron chi connectivity index (χ1n) is 6.89. The fraction of sp³-hybridized carbons (Fsp3) is 0.333. The number of halogens is 1. The average molecular weight is 307 g/mol. The van der Waals surface area contributed by atoms with Gasteiger partial charge in [0.1, 0.15) is 0 Å². The monoisotopic (exact) mass is 306 g/mol. The molecule has 2 aromatic rings. The Morgan fingerprint density at radius 2 is 2.14 bits per heavy atom. The first kappa shape index (κ1) is 13.9. The Hall–Kier alpha value is -2.01. The van der Waals surface area contributed by atoms with Crippen molar-refractivity contribution >= 4 is 17.6 Å². The van der Waals surface area contributed by atoms with Gasteiger partial charge in [0, 0.05) is 5.02 Å². The maximum Gasteiger partial charge on any atom is 0.358 e. The van der Waals surface area contributed by atoms with E-state index in [-0.39, 0.29) is 11.8 Å². The van der Waals surface area contributed by atoms with Crippen molar-refractivity contribution in [2.75, 3.05) is 0 Å². The van der Waals surface area contributed by atoms with Crippen molar-refractivity contribution in [2.24, 2.45) is 0 Å². The molecule has 3 rings (SSSR count). The summed E-state index contributed by atoms with van der Waals surface area (Å²) >= 11 is 5.95. The van der Waals surface area contributed by atoms with Crippen LogP contribution in [0.5, 0.6) is 5.75 Å². The zero-order valence-electron chi connectivity index (χ0n) is 11.3. The molecule has 5 nitrogen and oxygen atoms in total. The molecule has 6 heteroatoms. The number of nitrogens with zero attached hydrogens (tertiary/aromatic N) is 2. The highest BCUT2D eigenvalue weighted by atomic mass is 35.5. The van der Waals surface area contributed by atoms with Gasteiger partial charge >= 0.3 is 5.97 Å². The van der Waals surface area contributed by atoms with E-state index in [0.29, 0.717) is 16.5 Å². The van der Waals surface area contributed by atoms with Crippen LogP contribution >= 0.6 is 11.6 Å². The van der Waals surface area contributed by atoms with Gasteiger partial charge in [-0.2, -0.15) is 5.10 Å². The lowest BCUT2D eigenvalue weighted by Gasteiger charge is -2.12. The van der Waals surface area contributed by atoms with E-state index in [1.807, 2.05) is 0 Å². The summed E-state index contributed by atoms with van der Waals surface area (Å²) in [6, 6.07) is 6.90. The largest absolute Gasteiger partial charge is 0.486 e. The lowest BCUT2D eigenvalue weighted by atomic mass is 10.3. The molecule has 1 aromatic heterocycles. The third-order valence-corrected chi connectivity index (χ3v) is 3.82. The van der Waals surface area contributed by atoms with E-state index >= 15 is 0 Å². The molecule has 0 unspecified atom stereocenters. The average Bonchev–Trinajstić information content (AvgIpc) is 3.08. The summed E-state index contributed by atoms with van der Waals surface area (Å²) in [6.45, 7) is 0. The summed E-state index contributed by atoms with van der Waals surface area (Å²) in [5.41, 5.74) is 0.630. The van der Waals surface area contributed by atoms with Gasteiger partial charge in [-0.1, -0.05) is 17.7 Å². The topological polar surface area (TPSA) is 64.3 Å². The highest BCUT2D eigenvalue weighted by Crippen LogP contribution is 2.28. The molecule has 1 aliphatic carbocycles. The standard InChI is InChI=1S/C15H15ClN2O3/c16-10-4-3-5-11(8-10)18-14(15(19)20)13(9-17-18)21-12-6-1-2-7-12/h3-5,8-9,12H,1-2,6-7H2,(H,19,20). The Kier molecular flexibility index (Phi) is 3.84. The van der Waals surface area contributed by atoms with Gasteiger partial charge in [0.2, 0.25) is 0 Å². The minimum absolute atomic E-state index is 0.0316. The van der Waals surface area contributed by atoms with E-state index in [9.17, 15) is 9.90 Å². The molecule has 0 saturated heterocycles. The molecule has 1 aromatic carbocycles. The van der Waals surface area contributed by atoms with Crippen LogP contribution in [0.3, 0.4) is 0 Å². The Balaban J connectivity index is 1.97. The van der Waals surface area contributed by atoms with Gasteiger partial charge in [-0.15, -0.1) is 0 Å². The Morgan fingerprint density at radius 3 is 2.81 bits per heavy atom. The summed E-state index contributed by atoms with van der Waals surface area (Å²) in [4.78, 5) is 11.6. The van der Waals surface area contributed by atoms with Crippen LogP contribution in [0.1, 0.15) is 36.2 Å². The van der Waals surface area contributed by atoms with Crippen LogP contribution in [-0.4, -0.2) is 27.0 Å². The maximum atomic E-state index is 11.6. The van der Waals surface area contributed by atoms with Crippen molar-refractivity contribution in [3.8, 4) is 11.4 Å². The zero-order valence-corrected chi connectivity index (χ0v) is 12.1. The van der Waals surface area contributed by atoms with E-state index in [2.05, 4.69) is 5.10 Å². The van der Waals surface area contributed by atoms with Crippen molar-refractivity contribution in [3.05, 3.63) is 41.2 Å². The molecule has 1 heterocycles. The predicted octanol–water partition coefficient (Wildman–Crippen LogP) is 3.55. The minimum Gasteiger partial charge on any atom is -0.486 e. The number of aromatic nitrogens is 2. The number of carbonyl (C=O) groups is 1. The number of aromatic carboxylic acids is 1. The highest BCUT2D eigenvalue weighted by Gasteiger charge is 2.24. The summed E-state index contributed by atoms with van der Waals surface area (Å²) in [6.07, 6.45) is 5.70. The van der Waals surface area contributed by atoms with Crippen molar-refractivity contribution in [1.29, 1.82) is 0 Å². The van der Waals surface area contributed by atoms with Gasteiger partial charge in [0.25, 0.3) is 0 Å². The molecular formula is C15H15ClN2O3. The molecule has 21 heavy (non-hydrogen) atoms. The van der Waals surface area contributed by atoms with E-state index in [0.717, 1.165) is 25.7 Å². The second-order valence-corrected chi connectivity index (χ2v) is 5.52. The van der Waals surface area contributed by atoms with Crippen molar-refractivity contribution in [3.63, 3.8) is 0 Å². The number of ether oxygens (including phenoxy) is 1. The number of carboxylic acids is 1. The summed E-state index contributed by atoms with van der Waals surface area (Å²) in [5, 5.41) is 14.1. The normalized spacial score (nSPS) is 15.3. The molecule has 1 saturated carbocycles. The molecule has 0 atom stereocenters. The number of hydrogen-bond donors (Lipinski definition) is 1. The number of rotatable bonds is 4. The first-order valence-corrected chi connectivity index (χ1v) is 7.27. The highest BCUT2D eigenvalue weighted by molar-refractivity contribution is 6.30. The number of hydrogen-bond acceptors (Lipinski definition) is 3. The fourth-order valence-corrected chi connectivity index (χ4v) is 2.79. The van der Waals surface area contributed by atoms with Crippen LogP contribution in [0.15, 0.2) is 30.5 Å². The summed E-state index contributed by atoms with van der Waals surface area (Å²) in [7, 11) is 0. The Morgan fingerprint density at radius 1 is 1.38 bits per heavy atom. The molecule has 0 amide bonds. The van der Waals surface area contributed by atoms with E-state index < -0.39 is 5.97 Å². The molecule has 1 fully saturated rings. The summed E-state index contributed by atoms with van der Waals surface area (Å²) in [5.74, 6) is -0.755. The molecule has 0 bridgehead atoms. The van der Waals surface area contributed by atoms with Crippen molar-refractivity contribution in [1.82, 2.24) is 9.78 Å². The summed E-state index contributed by atoms with van der Waals surface area (Å²) < 4.78 is 7.15. The van der Waals surface area contributed by atoms with Gasteiger partial charge in [-0.25, -0.2) is 9.48 Å². The third-order valence-electron chi connectivity index (χ3n) is 3.59. The van der Waals surface area contributed by atoms with Crippen molar-refractivity contribution in [2.45, 2.75) is 31.8 Å².